The third-order valence-corrected chi connectivity index (χ3v) is 3.97. The van der Waals surface area contributed by atoms with Gasteiger partial charge in [-0.15, -0.1) is 0 Å². The molecule has 23 heavy (non-hydrogen) atoms. The summed E-state index contributed by atoms with van der Waals surface area (Å²) in [6.45, 7) is 1.93. The summed E-state index contributed by atoms with van der Waals surface area (Å²) >= 11 is 0. The van der Waals surface area contributed by atoms with Gasteiger partial charge in [-0.25, -0.2) is 4.98 Å². The van der Waals surface area contributed by atoms with Gasteiger partial charge in [0.15, 0.2) is 0 Å². The molecular weight excluding hydrogens is 292 g/mol. The van der Waals surface area contributed by atoms with Crippen molar-refractivity contribution < 1.29 is 14.3 Å². The Morgan fingerprint density at radius 1 is 1.30 bits per heavy atom. The maximum atomic E-state index is 11.0. The van der Waals surface area contributed by atoms with Gasteiger partial charge >= 0.3 is 0 Å². The van der Waals surface area contributed by atoms with Gasteiger partial charge in [0, 0.05) is 36.3 Å². The molecule has 1 aliphatic heterocycles. The topological polar surface area (TPSA) is 51.7 Å². The van der Waals surface area contributed by atoms with Gasteiger partial charge in [0.05, 0.1) is 12.8 Å². The highest BCUT2D eigenvalue weighted by Crippen LogP contribution is 2.28. The van der Waals surface area contributed by atoms with E-state index in [0.29, 0.717) is 17.2 Å². The van der Waals surface area contributed by atoms with Gasteiger partial charge < -0.3 is 14.4 Å². The Hall–Kier alpha value is -2.40. The second-order valence-electron chi connectivity index (χ2n) is 5.76. The molecule has 0 N–H and O–H groups in total. The molecule has 3 rings (SSSR count). The molecule has 1 aromatic heterocycles. The first-order chi connectivity index (χ1) is 11.2. The largest absolute Gasteiger partial charge is 0.496 e. The van der Waals surface area contributed by atoms with Crippen LogP contribution in [0.5, 0.6) is 11.6 Å². The highest BCUT2D eigenvalue weighted by molar-refractivity contribution is 5.78. The summed E-state index contributed by atoms with van der Waals surface area (Å²) in [5, 5.41) is 0. The summed E-state index contributed by atoms with van der Waals surface area (Å²) < 4.78 is 11.4. The van der Waals surface area contributed by atoms with E-state index in [9.17, 15) is 4.79 Å². The molecule has 5 nitrogen and oxygen atoms in total. The molecule has 0 amide bonds. The SMILES string of the molecule is COc1cc(OC2CCN(C)C2)nc(-c2cccc(C=O)c2)c1. The molecule has 2 aromatic rings. The van der Waals surface area contributed by atoms with Gasteiger partial charge in [-0.1, -0.05) is 18.2 Å². The minimum atomic E-state index is 0.147. The van der Waals surface area contributed by atoms with E-state index in [1.54, 1.807) is 19.2 Å². The predicted molar refractivity (Wildman–Crippen MR) is 88.1 cm³/mol. The van der Waals surface area contributed by atoms with Gasteiger partial charge in [-0.05, 0) is 19.5 Å². The average molecular weight is 312 g/mol. The number of likely N-dealkylation sites (tertiary alicyclic amines) is 1. The fraction of sp³-hybridized carbons (Fsp3) is 0.333. The van der Waals surface area contributed by atoms with E-state index in [0.717, 1.165) is 37.1 Å². The van der Waals surface area contributed by atoms with Crippen LogP contribution in [0.1, 0.15) is 16.8 Å². The zero-order chi connectivity index (χ0) is 16.2. The maximum Gasteiger partial charge on any atom is 0.217 e. The molecule has 1 unspecified atom stereocenters. The Balaban J connectivity index is 1.90. The second-order valence-corrected chi connectivity index (χ2v) is 5.76. The number of ether oxygens (including phenoxy) is 2. The molecule has 5 heteroatoms. The number of aldehydes is 1. The van der Waals surface area contributed by atoms with Crippen molar-refractivity contribution in [3.63, 3.8) is 0 Å². The molecule has 1 aromatic carbocycles. The lowest BCUT2D eigenvalue weighted by molar-refractivity contribution is 0.112. The zero-order valence-electron chi connectivity index (χ0n) is 13.4. The highest BCUT2D eigenvalue weighted by Gasteiger charge is 2.22. The van der Waals surface area contributed by atoms with Crippen LogP contribution >= 0.6 is 0 Å². The first-order valence-electron chi connectivity index (χ1n) is 7.65. The molecule has 1 atom stereocenters. The molecule has 1 fully saturated rings. The first-order valence-corrected chi connectivity index (χ1v) is 7.65. The van der Waals surface area contributed by atoms with E-state index in [-0.39, 0.29) is 6.10 Å². The number of hydrogen-bond donors (Lipinski definition) is 0. The van der Waals surface area contributed by atoms with Crippen molar-refractivity contribution >= 4 is 6.29 Å². The van der Waals surface area contributed by atoms with E-state index in [2.05, 4.69) is 16.9 Å². The van der Waals surface area contributed by atoms with Gasteiger partial charge in [-0.3, -0.25) is 4.79 Å². The van der Waals surface area contributed by atoms with E-state index in [1.165, 1.54) is 0 Å². The summed E-state index contributed by atoms with van der Waals surface area (Å²) in [4.78, 5) is 17.8. The van der Waals surface area contributed by atoms with Crippen molar-refractivity contribution in [3.8, 4) is 22.9 Å². The van der Waals surface area contributed by atoms with Gasteiger partial charge in [-0.2, -0.15) is 0 Å². The number of aromatic nitrogens is 1. The lowest BCUT2D eigenvalue weighted by atomic mass is 10.1. The van der Waals surface area contributed by atoms with Crippen LogP contribution in [0.25, 0.3) is 11.3 Å². The van der Waals surface area contributed by atoms with Crippen molar-refractivity contribution in [1.82, 2.24) is 9.88 Å². The zero-order valence-corrected chi connectivity index (χ0v) is 13.4. The molecule has 120 valence electrons. The standard InChI is InChI=1S/C18H20N2O3/c1-20-7-6-15(11-20)23-18-10-16(22-2)9-17(19-18)14-5-3-4-13(8-14)12-21/h3-5,8-10,12,15H,6-7,11H2,1-2H3. The average Bonchev–Trinajstić information content (AvgIpc) is 2.99. The normalized spacial score (nSPS) is 17.9. The van der Waals surface area contributed by atoms with Crippen LogP contribution in [0, 0.1) is 0 Å². The quantitative estimate of drug-likeness (QED) is 0.795. The number of benzene rings is 1. The number of hydrogen-bond acceptors (Lipinski definition) is 5. The van der Waals surface area contributed by atoms with Crippen molar-refractivity contribution in [3.05, 3.63) is 42.0 Å². The molecule has 1 aliphatic rings. The minimum Gasteiger partial charge on any atom is -0.496 e. The maximum absolute atomic E-state index is 11.0. The Morgan fingerprint density at radius 3 is 2.87 bits per heavy atom. The number of nitrogens with zero attached hydrogens (tertiary/aromatic N) is 2. The number of methoxy groups -OCH3 is 1. The number of pyridine rings is 1. The fourth-order valence-electron chi connectivity index (χ4n) is 2.74. The third-order valence-electron chi connectivity index (χ3n) is 3.97. The molecule has 1 saturated heterocycles. The number of likely N-dealkylation sites (N-methyl/N-ethyl adjacent to an activating group) is 1. The minimum absolute atomic E-state index is 0.147. The molecule has 0 saturated carbocycles. The number of carbonyl (C=O) groups excluding carboxylic acids is 1. The van der Waals surface area contributed by atoms with E-state index >= 15 is 0 Å². The van der Waals surface area contributed by atoms with E-state index in [4.69, 9.17) is 9.47 Å². The Bertz CT molecular complexity index is 702. The van der Waals surface area contributed by atoms with Crippen LogP contribution in [0.15, 0.2) is 36.4 Å². The summed E-state index contributed by atoms with van der Waals surface area (Å²) in [6, 6.07) is 11.0. The summed E-state index contributed by atoms with van der Waals surface area (Å²) in [6.07, 6.45) is 1.97. The molecule has 0 aliphatic carbocycles. The monoisotopic (exact) mass is 312 g/mol. The fourth-order valence-corrected chi connectivity index (χ4v) is 2.74. The third kappa shape index (κ3) is 3.68. The lowest BCUT2D eigenvalue weighted by Gasteiger charge is -2.15. The van der Waals surface area contributed by atoms with Crippen LogP contribution in [-0.2, 0) is 0 Å². The molecule has 0 spiro atoms. The van der Waals surface area contributed by atoms with Crippen molar-refractivity contribution in [1.29, 1.82) is 0 Å². The second kappa shape index (κ2) is 6.79. The van der Waals surface area contributed by atoms with Crippen molar-refractivity contribution in [2.75, 3.05) is 27.2 Å². The Labute approximate surface area is 135 Å². The van der Waals surface area contributed by atoms with Crippen molar-refractivity contribution in [2.24, 2.45) is 0 Å². The number of rotatable bonds is 5. The van der Waals surface area contributed by atoms with Crippen LogP contribution in [0.3, 0.4) is 0 Å². The van der Waals surface area contributed by atoms with Gasteiger partial charge in [0.2, 0.25) is 5.88 Å². The summed E-state index contributed by atoms with van der Waals surface area (Å²) in [5.74, 6) is 1.24. The van der Waals surface area contributed by atoms with E-state index in [1.807, 2.05) is 24.3 Å². The van der Waals surface area contributed by atoms with E-state index < -0.39 is 0 Å². The molecule has 2 heterocycles. The Kier molecular flexibility index (Phi) is 4.57. The van der Waals surface area contributed by atoms with Crippen LogP contribution in [0.4, 0.5) is 0 Å². The summed E-state index contributed by atoms with van der Waals surface area (Å²) in [7, 11) is 3.70. The van der Waals surface area contributed by atoms with Crippen LogP contribution in [0.2, 0.25) is 0 Å². The smallest absolute Gasteiger partial charge is 0.217 e. The van der Waals surface area contributed by atoms with Gasteiger partial charge in [0.25, 0.3) is 0 Å². The lowest BCUT2D eigenvalue weighted by Crippen LogP contribution is -2.21. The molecule has 0 bridgehead atoms. The van der Waals surface area contributed by atoms with Gasteiger partial charge in [0.1, 0.15) is 18.1 Å². The van der Waals surface area contributed by atoms with Crippen LogP contribution < -0.4 is 9.47 Å². The number of carbonyl (C=O) groups is 1. The molecular formula is C18H20N2O3. The first kappa shape index (κ1) is 15.5. The molecule has 0 radical (unpaired) electrons. The summed E-state index contributed by atoms with van der Waals surface area (Å²) in [5.41, 5.74) is 2.21. The highest BCUT2D eigenvalue weighted by atomic mass is 16.5. The van der Waals surface area contributed by atoms with Crippen LogP contribution in [-0.4, -0.2) is 49.5 Å². The van der Waals surface area contributed by atoms with Crippen molar-refractivity contribution in [2.45, 2.75) is 12.5 Å². The Morgan fingerprint density at radius 2 is 2.17 bits per heavy atom. The predicted octanol–water partition coefficient (Wildman–Crippen LogP) is 2.65.